The summed E-state index contributed by atoms with van der Waals surface area (Å²) in [5.41, 5.74) is 0.500. The van der Waals surface area contributed by atoms with Crippen molar-refractivity contribution < 1.29 is 4.79 Å². The van der Waals surface area contributed by atoms with Crippen molar-refractivity contribution >= 4 is 34.0 Å². The molecule has 0 atom stereocenters. The maximum atomic E-state index is 12.2. The number of carbonyl (C=O) groups excluding carboxylic acids is 1. The highest BCUT2D eigenvalue weighted by Gasteiger charge is 2.22. The number of carbonyl (C=O) groups is 1. The molecule has 1 saturated carbocycles. The molecule has 2 heterocycles. The largest absolute Gasteiger partial charge is 0.316 e. The summed E-state index contributed by atoms with van der Waals surface area (Å²) in [5.74, 6) is 1.04. The van der Waals surface area contributed by atoms with E-state index in [9.17, 15) is 4.79 Å². The molecule has 2 aromatic rings. The Balaban J connectivity index is 1.62. The van der Waals surface area contributed by atoms with Crippen molar-refractivity contribution in [3.05, 3.63) is 22.8 Å². The summed E-state index contributed by atoms with van der Waals surface area (Å²) in [6.45, 7) is 1.97. The topological polar surface area (TPSA) is 83.6 Å². The first-order chi connectivity index (χ1) is 11.7. The maximum absolute atomic E-state index is 12.2. The molecule has 8 heteroatoms. The number of thioether (sulfide) groups is 1. The highest BCUT2D eigenvalue weighted by molar-refractivity contribution is 7.99. The van der Waals surface area contributed by atoms with Gasteiger partial charge in [-0.3, -0.25) is 4.79 Å². The predicted octanol–water partition coefficient (Wildman–Crippen LogP) is 3.76. The standard InChI is InChI=1S/C16H19N5OS2/c1-11-19-20-16(21(11)13-5-3-2-4-6-13)24-10-14(22)18-15-12(9-17)7-8-23-15/h7-8,13H,2-6,10H2,1H3,(H,18,22). The van der Waals surface area contributed by atoms with Gasteiger partial charge in [-0.25, -0.2) is 0 Å². The van der Waals surface area contributed by atoms with E-state index in [0.29, 0.717) is 16.6 Å². The molecule has 0 unspecified atom stereocenters. The molecule has 0 aliphatic heterocycles. The summed E-state index contributed by atoms with van der Waals surface area (Å²) in [6.07, 6.45) is 6.08. The third kappa shape index (κ3) is 3.79. The van der Waals surface area contributed by atoms with Crippen LogP contribution in [-0.4, -0.2) is 26.4 Å². The van der Waals surface area contributed by atoms with Crippen molar-refractivity contribution in [1.29, 1.82) is 5.26 Å². The third-order valence-corrected chi connectivity index (χ3v) is 5.92. The number of anilines is 1. The van der Waals surface area contributed by atoms with Gasteiger partial charge in [-0.15, -0.1) is 21.5 Å². The van der Waals surface area contributed by atoms with Crippen molar-refractivity contribution in [2.75, 3.05) is 11.1 Å². The lowest BCUT2D eigenvalue weighted by Gasteiger charge is -2.24. The van der Waals surface area contributed by atoms with Crippen LogP contribution in [0, 0.1) is 18.3 Å². The number of amides is 1. The molecule has 6 nitrogen and oxygen atoms in total. The van der Waals surface area contributed by atoms with Gasteiger partial charge in [-0.2, -0.15) is 5.26 Å². The van der Waals surface area contributed by atoms with E-state index < -0.39 is 0 Å². The first kappa shape index (κ1) is 17.0. The van der Waals surface area contributed by atoms with E-state index >= 15 is 0 Å². The van der Waals surface area contributed by atoms with Crippen LogP contribution in [0.25, 0.3) is 0 Å². The minimum atomic E-state index is -0.130. The number of aryl methyl sites for hydroxylation is 1. The van der Waals surface area contributed by atoms with Gasteiger partial charge in [-0.1, -0.05) is 31.0 Å². The summed E-state index contributed by atoms with van der Waals surface area (Å²) in [4.78, 5) is 12.2. The molecule has 1 fully saturated rings. The minimum Gasteiger partial charge on any atom is -0.316 e. The van der Waals surface area contributed by atoms with E-state index in [1.807, 2.05) is 6.92 Å². The van der Waals surface area contributed by atoms with Gasteiger partial charge in [0.2, 0.25) is 5.91 Å². The highest BCUT2D eigenvalue weighted by Crippen LogP contribution is 2.32. The highest BCUT2D eigenvalue weighted by atomic mass is 32.2. The second-order valence-corrected chi connectivity index (χ2v) is 7.66. The minimum absolute atomic E-state index is 0.130. The number of nitrogens with one attached hydrogen (secondary N) is 1. The van der Waals surface area contributed by atoms with Crippen molar-refractivity contribution in [3.8, 4) is 6.07 Å². The summed E-state index contributed by atoms with van der Waals surface area (Å²) in [6, 6.07) is 4.22. The number of thiophene rings is 1. The lowest BCUT2D eigenvalue weighted by Crippen LogP contribution is -2.17. The Morgan fingerprint density at radius 1 is 1.46 bits per heavy atom. The molecule has 3 rings (SSSR count). The number of aromatic nitrogens is 3. The Hall–Kier alpha value is -1.85. The Kier molecular flexibility index (Phi) is 5.53. The van der Waals surface area contributed by atoms with Gasteiger partial charge in [0.15, 0.2) is 5.16 Å². The molecule has 0 aromatic carbocycles. The molecular weight excluding hydrogens is 342 g/mol. The van der Waals surface area contributed by atoms with Crippen LogP contribution in [-0.2, 0) is 4.79 Å². The first-order valence-corrected chi connectivity index (χ1v) is 9.87. The molecule has 1 aliphatic carbocycles. The van der Waals surface area contributed by atoms with Gasteiger partial charge >= 0.3 is 0 Å². The molecule has 1 amide bonds. The number of nitriles is 1. The zero-order chi connectivity index (χ0) is 16.9. The lowest BCUT2D eigenvalue weighted by atomic mass is 9.95. The van der Waals surface area contributed by atoms with Crippen molar-refractivity contribution in [1.82, 2.24) is 14.8 Å². The molecular formula is C16H19N5OS2. The molecule has 24 heavy (non-hydrogen) atoms. The normalized spacial score (nSPS) is 15.2. The Bertz CT molecular complexity index is 755. The van der Waals surface area contributed by atoms with Crippen LogP contribution in [0.3, 0.4) is 0 Å². The van der Waals surface area contributed by atoms with Gasteiger partial charge in [0.25, 0.3) is 0 Å². The fourth-order valence-electron chi connectivity index (χ4n) is 2.99. The fraction of sp³-hybridized carbons (Fsp3) is 0.500. The Labute approximate surface area is 149 Å². The molecule has 126 valence electrons. The van der Waals surface area contributed by atoms with Gasteiger partial charge in [0, 0.05) is 6.04 Å². The lowest BCUT2D eigenvalue weighted by molar-refractivity contribution is -0.113. The average Bonchev–Trinajstić information content (AvgIpc) is 3.19. The zero-order valence-corrected chi connectivity index (χ0v) is 15.1. The van der Waals surface area contributed by atoms with Crippen LogP contribution < -0.4 is 5.32 Å². The van der Waals surface area contributed by atoms with Crippen molar-refractivity contribution in [2.45, 2.75) is 50.2 Å². The zero-order valence-electron chi connectivity index (χ0n) is 13.5. The van der Waals surface area contributed by atoms with Gasteiger partial charge in [0.1, 0.15) is 16.9 Å². The second-order valence-electron chi connectivity index (χ2n) is 5.80. The van der Waals surface area contributed by atoms with Gasteiger partial charge < -0.3 is 9.88 Å². The van der Waals surface area contributed by atoms with Crippen LogP contribution in [0.5, 0.6) is 0 Å². The average molecular weight is 361 g/mol. The van der Waals surface area contributed by atoms with Crippen molar-refractivity contribution in [3.63, 3.8) is 0 Å². The quantitative estimate of drug-likeness (QED) is 0.820. The molecule has 0 radical (unpaired) electrons. The maximum Gasteiger partial charge on any atom is 0.235 e. The number of nitrogens with zero attached hydrogens (tertiary/aromatic N) is 4. The van der Waals surface area contributed by atoms with E-state index in [0.717, 1.165) is 23.8 Å². The van der Waals surface area contributed by atoms with E-state index in [1.165, 1.54) is 42.4 Å². The molecule has 1 aliphatic rings. The number of hydrogen-bond acceptors (Lipinski definition) is 6. The van der Waals surface area contributed by atoms with Crippen LogP contribution in [0.1, 0.15) is 49.5 Å². The van der Waals surface area contributed by atoms with E-state index in [1.54, 1.807) is 11.4 Å². The van der Waals surface area contributed by atoms with Crippen LogP contribution in [0.15, 0.2) is 16.6 Å². The summed E-state index contributed by atoms with van der Waals surface area (Å²) < 4.78 is 2.18. The fourth-order valence-corrected chi connectivity index (χ4v) is 4.60. The van der Waals surface area contributed by atoms with Crippen LogP contribution in [0.2, 0.25) is 0 Å². The summed E-state index contributed by atoms with van der Waals surface area (Å²) in [7, 11) is 0. The van der Waals surface area contributed by atoms with Gasteiger partial charge in [-0.05, 0) is 31.2 Å². The molecule has 0 spiro atoms. The SMILES string of the molecule is Cc1nnc(SCC(=O)Nc2sccc2C#N)n1C1CCCCC1. The molecule has 2 aromatic heterocycles. The predicted molar refractivity (Wildman–Crippen MR) is 95.3 cm³/mol. The first-order valence-electron chi connectivity index (χ1n) is 8.01. The van der Waals surface area contributed by atoms with Crippen LogP contribution in [0.4, 0.5) is 5.00 Å². The number of rotatable bonds is 5. The van der Waals surface area contributed by atoms with Gasteiger partial charge in [0.05, 0.1) is 11.3 Å². The van der Waals surface area contributed by atoms with Crippen LogP contribution >= 0.6 is 23.1 Å². The molecule has 1 N–H and O–H groups in total. The van der Waals surface area contributed by atoms with E-state index in [4.69, 9.17) is 5.26 Å². The third-order valence-electron chi connectivity index (χ3n) is 4.15. The second kappa shape index (κ2) is 7.81. The number of hydrogen-bond donors (Lipinski definition) is 1. The smallest absolute Gasteiger partial charge is 0.235 e. The van der Waals surface area contributed by atoms with Crippen molar-refractivity contribution in [2.24, 2.45) is 0 Å². The monoisotopic (exact) mass is 361 g/mol. The molecule has 0 saturated heterocycles. The Morgan fingerprint density at radius 2 is 2.25 bits per heavy atom. The summed E-state index contributed by atoms with van der Waals surface area (Å²) in [5, 5.41) is 23.4. The summed E-state index contributed by atoms with van der Waals surface area (Å²) >= 11 is 2.76. The van der Waals surface area contributed by atoms with E-state index in [-0.39, 0.29) is 11.7 Å². The van der Waals surface area contributed by atoms with E-state index in [2.05, 4.69) is 26.2 Å². The Morgan fingerprint density at radius 3 is 3.00 bits per heavy atom. The molecule has 0 bridgehead atoms.